The minimum Gasteiger partial charge on any atom is -0.376 e. The van der Waals surface area contributed by atoms with Gasteiger partial charge in [-0.1, -0.05) is 31.4 Å². The third-order valence-electron chi connectivity index (χ3n) is 4.88. The molecule has 140 valence electrons. The number of hydrogen-bond acceptors (Lipinski definition) is 4. The van der Waals surface area contributed by atoms with Gasteiger partial charge in [0, 0.05) is 25.7 Å². The van der Waals surface area contributed by atoms with Gasteiger partial charge in [0.2, 0.25) is 11.8 Å². The van der Waals surface area contributed by atoms with E-state index in [1.165, 1.54) is 0 Å². The van der Waals surface area contributed by atoms with Gasteiger partial charge in [0.15, 0.2) is 0 Å². The van der Waals surface area contributed by atoms with E-state index in [9.17, 15) is 14.9 Å². The smallest absolute Gasteiger partial charge is 0.240 e. The molecule has 0 heterocycles. The average Bonchev–Trinajstić information content (AvgIpc) is 2.65. The monoisotopic (exact) mass is 356 g/mol. The number of nitriles is 1. The molecule has 1 fully saturated rings. The maximum absolute atomic E-state index is 12.3. The van der Waals surface area contributed by atoms with E-state index >= 15 is 0 Å². The Morgan fingerprint density at radius 3 is 2.62 bits per heavy atom. The van der Waals surface area contributed by atoms with Gasteiger partial charge in [0.05, 0.1) is 12.6 Å². The zero-order valence-corrected chi connectivity index (χ0v) is 15.7. The number of amides is 2. The van der Waals surface area contributed by atoms with E-state index in [2.05, 4.69) is 16.7 Å². The summed E-state index contributed by atoms with van der Waals surface area (Å²) in [6.07, 6.45) is 4.53. The molecule has 0 radical (unpaired) electrons. The highest BCUT2D eigenvalue weighted by molar-refractivity contribution is 5.82. The van der Waals surface area contributed by atoms with Gasteiger partial charge in [-0.2, -0.15) is 5.26 Å². The van der Waals surface area contributed by atoms with E-state index < -0.39 is 5.54 Å². The van der Waals surface area contributed by atoms with E-state index in [-0.39, 0.29) is 18.4 Å². The first-order valence-electron chi connectivity index (χ1n) is 9.28. The Hall–Kier alpha value is -2.55. The van der Waals surface area contributed by atoms with E-state index in [1.807, 2.05) is 31.2 Å². The number of carbonyl (C=O) groups excluding carboxylic acids is 2. The van der Waals surface area contributed by atoms with Crippen molar-refractivity contribution in [2.45, 2.75) is 58.0 Å². The van der Waals surface area contributed by atoms with Crippen LogP contribution in [0, 0.1) is 11.3 Å². The lowest BCUT2D eigenvalue weighted by atomic mass is 9.83. The van der Waals surface area contributed by atoms with Crippen molar-refractivity contribution in [1.29, 1.82) is 5.26 Å². The molecule has 1 aliphatic carbocycles. The fourth-order valence-corrected chi connectivity index (χ4v) is 3.36. The normalized spacial score (nSPS) is 15.6. The van der Waals surface area contributed by atoms with Crippen LogP contribution < -0.4 is 10.6 Å². The third-order valence-corrected chi connectivity index (χ3v) is 4.88. The predicted octanol–water partition coefficient (Wildman–Crippen LogP) is 2.81. The second-order valence-corrected chi connectivity index (χ2v) is 6.89. The van der Waals surface area contributed by atoms with E-state index in [0.717, 1.165) is 43.4 Å². The second-order valence-electron chi connectivity index (χ2n) is 6.89. The Morgan fingerprint density at radius 1 is 1.27 bits per heavy atom. The van der Waals surface area contributed by atoms with Gasteiger partial charge in [0.25, 0.3) is 0 Å². The lowest BCUT2D eigenvalue weighted by Crippen LogP contribution is -2.50. The highest BCUT2D eigenvalue weighted by Gasteiger charge is 2.33. The van der Waals surface area contributed by atoms with Crippen LogP contribution in [-0.4, -0.2) is 35.3 Å². The summed E-state index contributed by atoms with van der Waals surface area (Å²) in [5.74, 6) is -0.128. The van der Waals surface area contributed by atoms with Crippen LogP contribution in [0.1, 0.15) is 51.5 Å². The molecule has 1 aromatic rings. The molecule has 26 heavy (non-hydrogen) atoms. The zero-order chi connectivity index (χ0) is 19.0. The van der Waals surface area contributed by atoms with E-state index in [4.69, 9.17) is 0 Å². The Morgan fingerprint density at radius 2 is 2.00 bits per heavy atom. The Balaban J connectivity index is 1.90. The maximum Gasteiger partial charge on any atom is 0.240 e. The quantitative estimate of drug-likeness (QED) is 0.787. The summed E-state index contributed by atoms with van der Waals surface area (Å²) in [5.41, 5.74) is 1.13. The summed E-state index contributed by atoms with van der Waals surface area (Å²) in [5, 5.41) is 15.5. The van der Waals surface area contributed by atoms with Gasteiger partial charge in [-0.25, -0.2) is 0 Å². The number of nitrogens with zero attached hydrogens (tertiary/aromatic N) is 2. The van der Waals surface area contributed by atoms with E-state index in [0.29, 0.717) is 13.1 Å². The summed E-state index contributed by atoms with van der Waals surface area (Å²) in [7, 11) is 0. The SMILES string of the molecule is CCN(Cc1cccc(NCC(=O)NC2(C#N)CCCCC2)c1)C(C)=O. The van der Waals surface area contributed by atoms with Crippen LogP contribution in [0.4, 0.5) is 5.69 Å². The topological polar surface area (TPSA) is 85.2 Å². The molecular weight excluding hydrogens is 328 g/mol. The number of anilines is 1. The summed E-state index contributed by atoms with van der Waals surface area (Å²) in [4.78, 5) is 25.6. The summed E-state index contributed by atoms with van der Waals surface area (Å²) in [6, 6.07) is 10.00. The molecule has 0 unspecified atom stereocenters. The number of nitrogens with one attached hydrogen (secondary N) is 2. The molecule has 2 N–H and O–H groups in total. The van der Waals surface area contributed by atoms with Crippen molar-refractivity contribution in [2.24, 2.45) is 0 Å². The lowest BCUT2D eigenvalue weighted by molar-refractivity contribution is -0.129. The van der Waals surface area contributed by atoms with Crippen molar-refractivity contribution in [2.75, 3.05) is 18.4 Å². The first-order chi connectivity index (χ1) is 12.5. The molecule has 2 amide bonds. The standard InChI is InChI=1S/C20H28N4O2/c1-3-24(16(2)25)14-17-8-7-9-18(12-17)22-13-19(26)23-20(15-21)10-5-4-6-11-20/h7-9,12,22H,3-6,10-11,13-14H2,1-2H3,(H,23,26). The minimum atomic E-state index is -0.706. The average molecular weight is 356 g/mol. The summed E-state index contributed by atoms with van der Waals surface area (Å²) in [6.45, 7) is 4.84. The molecule has 0 atom stereocenters. The molecule has 1 saturated carbocycles. The van der Waals surface area contributed by atoms with Gasteiger partial charge < -0.3 is 15.5 Å². The molecule has 2 rings (SSSR count). The highest BCUT2D eigenvalue weighted by atomic mass is 16.2. The second kappa shape index (κ2) is 9.23. The molecule has 0 aliphatic heterocycles. The molecule has 0 saturated heterocycles. The van der Waals surface area contributed by atoms with Crippen molar-refractivity contribution in [3.05, 3.63) is 29.8 Å². The molecule has 6 heteroatoms. The number of carbonyl (C=O) groups is 2. The molecule has 1 aliphatic rings. The maximum atomic E-state index is 12.3. The van der Waals surface area contributed by atoms with Crippen molar-refractivity contribution in [3.63, 3.8) is 0 Å². The van der Waals surface area contributed by atoms with Crippen LogP contribution in [0.5, 0.6) is 0 Å². The fourth-order valence-electron chi connectivity index (χ4n) is 3.36. The zero-order valence-electron chi connectivity index (χ0n) is 15.7. The Kier molecular flexibility index (Phi) is 7.02. The van der Waals surface area contributed by atoms with Crippen molar-refractivity contribution in [3.8, 4) is 6.07 Å². The van der Waals surface area contributed by atoms with Gasteiger partial charge >= 0.3 is 0 Å². The van der Waals surface area contributed by atoms with Gasteiger partial charge in [-0.3, -0.25) is 9.59 Å². The van der Waals surface area contributed by atoms with Crippen molar-refractivity contribution < 1.29 is 9.59 Å². The molecule has 0 spiro atoms. The van der Waals surface area contributed by atoms with Crippen LogP contribution in [0.25, 0.3) is 0 Å². The Labute approximate surface area is 155 Å². The van der Waals surface area contributed by atoms with Crippen LogP contribution in [0.15, 0.2) is 24.3 Å². The molecule has 0 bridgehead atoms. The molecule has 6 nitrogen and oxygen atoms in total. The van der Waals surface area contributed by atoms with Gasteiger partial charge in [0.1, 0.15) is 5.54 Å². The van der Waals surface area contributed by atoms with Crippen LogP contribution in [0.3, 0.4) is 0 Å². The van der Waals surface area contributed by atoms with Crippen LogP contribution >= 0.6 is 0 Å². The molecular formula is C20H28N4O2. The van der Waals surface area contributed by atoms with Gasteiger partial charge in [-0.05, 0) is 37.5 Å². The third kappa shape index (κ3) is 5.48. The predicted molar refractivity (Wildman–Crippen MR) is 101 cm³/mol. The number of hydrogen-bond donors (Lipinski definition) is 2. The van der Waals surface area contributed by atoms with Crippen LogP contribution in [-0.2, 0) is 16.1 Å². The van der Waals surface area contributed by atoms with Crippen molar-refractivity contribution in [1.82, 2.24) is 10.2 Å². The molecule has 0 aromatic heterocycles. The fraction of sp³-hybridized carbons (Fsp3) is 0.550. The number of benzene rings is 1. The first kappa shape index (κ1) is 19.8. The molecule has 1 aromatic carbocycles. The highest BCUT2D eigenvalue weighted by Crippen LogP contribution is 2.27. The van der Waals surface area contributed by atoms with Gasteiger partial charge in [-0.15, -0.1) is 0 Å². The minimum absolute atomic E-state index is 0.0412. The largest absolute Gasteiger partial charge is 0.376 e. The lowest BCUT2D eigenvalue weighted by Gasteiger charge is -2.31. The number of rotatable bonds is 7. The van der Waals surface area contributed by atoms with E-state index in [1.54, 1.807) is 11.8 Å². The van der Waals surface area contributed by atoms with Crippen molar-refractivity contribution >= 4 is 17.5 Å². The van der Waals surface area contributed by atoms with Crippen LogP contribution in [0.2, 0.25) is 0 Å². The first-order valence-corrected chi connectivity index (χ1v) is 9.28. The summed E-state index contributed by atoms with van der Waals surface area (Å²) >= 11 is 0. The summed E-state index contributed by atoms with van der Waals surface area (Å²) < 4.78 is 0. The Bertz CT molecular complexity index is 675.